The number of hydrogen-bond acceptors (Lipinski definition) is 2. The second-order valence-corrected chi connectivity index (χ2v) is 5.07. The number of amides is 1. The Labute approximate surface area is 115 Å². The van der Waals surface area contributed by atoms with Gasteiger partial charge in [-0.25, -0.2) is 0 Å². The Kier molecular flexibility index (Phi) is 5.40. The first-order chi connectivity index (χ1) is 9.29. The minimum absolute atomic E-state index is 0.126. The molecule has 0 radical (unpaired) electrons. The van der Waals surface area contributed by atoms with Crippen LogP contribution in [0, 0.1) is 0 Å². The summed E-state index contributed by atoms with van der Waals surface area (Å²) in [7, 11) is 0. The number of nitrogens with one attached hydrogen (secondary N) is 1. The zero-order valence-electron chi connectivity index (χ0n) is 11.7. The molecule has 1 fully saturated rings. The summed E-state index contributed by atoms with van der Waals surface area (Å²) in [6, 6.07) is 8.27. The molecule has 0 saturated carbocycles. The van der Waals surface area contributed by atoms with Gasteiger partial charge in [0.25, 0.3) is 0 Å². The molecular weight excluding hydrogens is 238 g/mol. The van der Waals surface area contributed by atoms with E-state index in [1.54, 1.807) is 0 Å². The molecule has 1 atom stereocenters. The molecule has 1 aliphatic rings. The fourth-order valence-corrected chi connectivity index (χ4v) is 2.52. The Hall–Kier alpha value is -1.35. The first kappa shape index (κ1) is 14.1. The molecule has 3 heteroatoms. The molecule has 2 rings (SSSR count). The van der Waals surface area contributed by atoms with Crippen molar-refractivity contribution in [1.82, 2.24) is 5.32 Å². The third-order valence-corrected chi connectivity index (χ3v) is 3.69. The third-order valence-electron chi connectivity index (χ3n) is 3.69. The van der Waals surface area contributed by atoms with Gasteiger partial charge < -0.3 is 10.1 Å². The molecule has 0 aliphatic carbocycles. The number of ether oxygens (including phenoxy) is 1. The SMILES string of the molecule is CCc1ccccc1CNC(=O)CC[C@H]1CCCO1. The maximum Gasteiger partial charge on any atom is 0.220 e. The summed E-state index contributed by atoms with van der Waals surface area (Å²) >= 11 is 0. The molecule has 1 aliphatic heterocycles. The lowest BCUT2D eigenvalue weighted by Gasteiger charge is -2.11. The summed E-state index contributed by atoms with van der Waals surface area (Å²) in [5, 5.41) is 3.00. The van der Waals surface area contributed by atoms with Gasteiger partial charge in [-0.1, -0.05) is 31.2 Å². The van der Waals surface area contributed by atoms with Crippen molar-refractivity contribution >= 4 is 5.91 Å². The van der Waals surface area contributed by atoms with E-state index in [9.17, 15) is 4.79 Å². The number of aryl methyl sites for hydroxylation is 1. The van der Waals surface area contributed by atoms with E-state index in [0.29, 0.717) is 19.1 Å². The van der Waals surface area contributed by atoms with E-state index in [4.69, 9.17) is 4.74 Å². The Morgan fingerprint density at radius 1 is 1.37 bits per heavy atom. The van der Waals surface area contributed by atoms with Gasteiger partial charge in [0.15, 0.2) is 0 Å². The predicted molar refractivity (Wildman–Crippen MR) is 75.9 cm³/mol. The van der Waals surface area contributed by atoms with E-state index in [-0.39, 0.29) is 5.91 Å². The second kappa shape index (κ2) is 7.29. The van der Waals surface area contributed by atoms with Crippen molar-refractivity contribution in [2.45, 2.75) is 51.7 Å². The highest BCUT2D eigenvalue weighted by Crippen LogP contribution is 2.16. The van der Waals surface area contributed by atoms with Crippen LogP contribution in [0.4, 0.5) is 0 Å². The van der Waals surface area contributed by atoms with E-state index in [1.165, 1.54) is 11.1 Å². The monoisotopic (exact) mass is 261 g/mol. The Morgan fingerprint density at radius 3 is 2.84 bits per heavy atom. The number of benzene rings is 1. The molecule has 3 nitrogen and oxygen atoms in total. The molecule has 1 aromatic rings. The highest BCUT2D eigenvalue weighted by Gasteiger charge is 2.16. The number of carbonyl (C=O) groups excluding carboxylic acids is 1. The van der Waals surface area contributed by atoms with Crippen LogP contribution in [0.3, 0.4) is 0 Å². The molecule has 1 heterocycles. The molecule has 1 N–H and O–H groups in total. The van der Waals surface area contributed by atoms with Gasteiger partial charge in [-0.15, -0.1) is 0 Å². The quantitative estimate of drug-likeness (QED) is 0.855. The normalized spacial score (nSPS) is 18.5. The van der Waals surface area contributed by atoms with Crippen LogP contribution < -0.4 is 5.32 Å². The van der Waals surface area contributed by atoms with Crippen molar-refractivity contribution in [2.24, 2.45) is 0 Å². The number of carbonyl (C=O) groups is 1. The van der Waals surface area contributed by atoms with Crippen molar-refractivity contribution in [3.63, 3.8) is 0 Å². The Balaban J connectivity index is 1.73. The molecule has 0 unspecified atom stereocenters. The Bertz CT molecular complexity index is 411. The van der Waals surface area contributed by atoms with Crippen LogP contribution >= 0.6 is 0 Å². The molecular formula is C16H23NO2. The van der Waals surface area contributed by atoms with E-state index in [0.717, 1.165) is 32.3 Å². The van der Waals surface area contributed by atoms with Gasteiger partial charge in [-0.2, -0.15) is 0 Å². The van der Waals surface area contributed by atoms with Gasteiger partial charge in [0.1, 0.15) is 0 Å². The van der Waals surface area contributed by atoms with Crippen molar-refractivity contribution < 1.29 is 9.53 Å². The summed E-state index contributed by atoms with van der Waals surface area (Å²) in [4.78, 5) is 11.8. The van der Waals surface area contributed by atoms with Crippen molar-refractivity contribution in [3.8, 4) is 0 Å². The van der Waals surface area contributed by atoms with Crippen molar-refractivity contribution in [1.29, 1.82) is 0 Å². The maximum absolute atomic E-state index is 11.8. The van der Waals surface area contributed by atoms with Gasteiger partial charge >= 0.3 is 0 Å². The number of hydrogen-bond donors (Lipinski definition) is 1. The summed E-state index contributed by atoms with van der Waals surface area (Å²) < 4.78 is 5.52. The lowest BCUT2D eigenvalue weighted by Crippen LogP contribution is -2.24. The van der Waals surface area contributed by atoms with E-state index in [1.807, 2.05) is 12.1 Å². The lowest BCUT2D eigenvalue weighted by molar-refractivity contribution is -0.121. The third kappa shape index (κ3) is 4.35. The van der Waals surface area contributed by atoms with Gasteiger partial charge in [0.05, 0.1) is 6.10 Å². The standard InChI is InChI=1S/C16H23NO2/c1-2-13-6-3-4-7-14(13)12-17-16(18)10-9-15-8-5-11-19-15/h3-4,6-7,15H,2,5,8-12H2,1H3,(H,17,18)/t15-/m1/s1. The Morgan fingerprint density at radius 2 is 2.16 bits per heavy atom. The topological polar surface area (TPSA) is 38.3 Å². The van der Waals surface area contributed by atoms with Crippen LogP contribution in [0.25, 0.3) is 0 Å². The minimum atomic E-state index is 0.126. The van der Waals surface area contributed by atoms with Gasteiger partial charge in [-0.05, 0) is 36.8 Å². The zero-order chi connectivity index (χ0) is 13.5. The molecule has 1 saturated heterocycles. The summed E-state index contributed by atoms with van der Waals surface area (Å²) in [6.45, 7) is 3.63. The molecule has 0 spiro atoms. The first-order valence-corrected chi connectivity index (χ1v) is 7.24. The van der Waals surface area contributed by atoms with Crippen LogP contribution in [-0.2, 0) is 22.5 Å². The van der Waals surface area contributed by atoms with E-state index in [2.05, 4.69) is 24.4 Å². The largest absolute Gasteiger partial charge is 0.378 e. The molecule has 19 heavy (non-hydrogen) atoms. The zero-order valence-corrected chi connectivity index (χ0v) is 11.7. The average molecular weight is 261 g/mol. The fraction of sp³-hybridized carbons (Fsp3) is 0.562. The molecule has 1 amide bonds. The van der Waals surface area contributed by atoms with E-state index >= 15 is 0 Å². The van der Waals surface area contributed by atoms with Crippen LogP contribution in [0.5, 0.6) is 0 Å². The van der Waals surface area contributed by atoms with Crippen molar-refractivity contribution in [2.75, 3.05) is 6.61 Å². The lowest BCUT2D eigenvalue weighted by atomic mass is 10.1. The minimum Gasteiger partial charge on any atom is -0.378 e. The highest BCUT2D eigenvalue weighted by atomic mass is 16.5. The van der Waals surface area contributed by atoms with Gasteiger partial charge in [-0.3, -0.25) is 4.79 Å². The summed E-state index contributed by atoms with van der Waals surface area (Å²) in [5.41, 5.74) is 2.53. The maximum atomic E-state index is 11.8. The van der Waals surface area contributed by atoms with E-state index < -0.39 is 0 Å². The van der Waals surface area contributed by atoms with Crippen LogP contribution in [-0.4, -0.2) is 18.6 Å². The molecule has 1 aromatic carbocycles. The molecule has 0 bridgehead atoms. The summed E-state index contributed by atoms with van der Waals surface area (Å²) in [5.74, 6) is 0.126. The number of rotatable bonds is 6. The predicted octanol–water partition coefficient (Wildman–Crippen LogP) is 2.82. The van der Waals surface area contributed by atoms with Crippen LogP contribution in [0.2, 0.25) is 0 Å². The first-order valence-electron chi connectivity index (χ1n) is 7.24. The smallest absolute Gasteiger partial charge is 0.220 e. The van der Waals surface area contributed by atoms with Crippen LogP contribution in [0.1, 0.15) is 43.7 Å². The molecule has 104 valence electrons. The van der Waals surface area contributed by atoms with Crippen LogP contribution in [0.15, 0.2) is 24.3 Å². The summed E-state index contributed by atoms with van der Waals surface area (Å²) in [6.07, 6.45) is 4.96. The van der Waals surface area contributed by atoms with Gasteiger partial charge in [0, 0.05) is 19.6 Å². The fourth-order valence-electron chi connectivity index (χ4n) is 2.52. The van der Waals surface area contributed by atoms with Crippen molar-refractivity contribution in [3.05, 3.63) is 35.4 Å². The second-order valence-electron chi connectivity index (χ2n) is 5.07. The average Bonchev–Trinajstić information content (AvgIpc) is 2.96. The molecule has 0 aromatic heterocycles. The highest BCUT2D eigenvalue weighted by molar-refractivity contribution is 5.75. The van der Waals surface area contributed by atoms with Gasteiger partial charge in [0.2, 0.25) is 5.91 Å².